The summed E-state index contributed by atoms with van der Waals surface area (Å²) >= 11 is 0. The van der Waals surface area contributed by atoms with E-state index in [-0.39, 0.29) is 5.75 Å². The first kappa shape index (κ1) is 11.4. The average Bonchev–Trinajstić information content (AvgIpc) is 2.06. The maximum Gasteiger partial charge on any atom is 0.212 e. The van der Waals surface area contributed by atoms with Crippen LogP contribution < -0.4 is 10.9 Å². The highest BCUT2D eigenvalue weighted by molar-refractivity contribution is 7.89. The Labute approximate surface area is 84.7 Å². The molecule has 0 spiro atoms. The first-order chi connectivity index (χ1) is 6.51. The molecule has 0 unspecified atom stereocenters. The molecule has 0 fully saturated rings. The van der Waals surface area contributed by atoms with Crippen molar-refractivity contribution in [3.8, 4) is 0 Å². The van der Waals surface area contributed by atoms with Crippen LogP contribution in [0.1, 0.15) is 19.3 Å². The molecule has 0 saturated heterocycles. The Morgan fingerprint density at radius 1 is 1.21 bits per heavy atom. The van der Waals surface area contributed by atoms with Crippen LogP contribution >= 0.6 is 0 Å². The molecule has 0 radical (unpaired) electrons. The van der Waals surface area contributed by atoms with Gasteiger partial charge in [0.15, 0.2) is 0 Å². The van der Waals surface area contributed by atoms with Gasteiger partial charge in [-0.2, -0.15) is 0 Å². The summed E-state index contributed by atoms with van der Waals surface area (Å²) in [7, 11) is -3.38. The Kier molecular flexibility index (Phi) is 3.86. The first-order valence-electron chi connectivity index (χ1n) is 4.59. The molecule has 0 bridgehead atoms. The minimum atomic E-state index is -3.38. The summed E-state index contributed by atoms with van der Waals surface area (Å²) in [5.41, 5.74) is 7.58. The van der Waals surface area contributed by atoms with Gasteiger partial charge in [-0.1, -0.05) is 23.3 Å². The summed E-state index contributed by atoms with van der Waals surface area (Å²) in [6.45, 7) is 0.643. The summed E-state index contributed by atoms with van der Waals surface area (Å²) < 4.78 is 21.6. The fraction of sp³-hybridized carbons (Fsp3) is 0.556. The second kappa shape index (κ2) is 4.72. The zero-order valence-corrected chi connectivity index (χ0v) is 8.89. The summed E-state index contributed by atoms with van der Waals surface area (Å²) in [4.78, 5) is 0. The monoisotopic (exact) mass is 216 g/mol. The van der Waals surface area contributed by atoms with E-state index in [2.05, 4.69) is 0 Å². The van der Waals surface area contributed by atoms with Gasteiger partial charge in [0.1, 0.15) is 0 Å². The Morgan fingerprint density at radius 3 is 2.21 bits per heavy atom. The standard InChI is InChI=1S/C9H16N2O2S/c10-6-5-8-1-3-9(4-2-8)7-14(11,12)13/h1,3H,2,4-7,10H2,(H2,11,12,13). The van der Waals surface area contributed by atoms with Crippen molar-refractivity contribution in [1.29, 1.82) is 0 Å². The highest BCUT2D eigenvalue weighted by Gasteiger charge is 2.11. The van der Waals surface area contributed by atoms with Crippen molar-refractivity contribution in [2.24, 2.45) is 10.9 Å². The molecule has 4 nitrogen and oxygen atoms in total. The highest BCUT2D eigenvalue weighted by Crippen LogP contribution is 2.20. The van der Waals surface area contributed by atoms with Gasteiger partial charge in [0.2, 0.25) is 10.0 Å². The number of hydrogen-bond acceptors (Lipinski definition) is 3. The number of hydrogen-bond donors (Lipinski definition) is 2. The van der Waals surface area contributed by atoms with Gasteiger partial charge in [0.25, 0.3) is 0 Å². The van der Waals surface area contributed by atoms with E-state index < -0.39 is 10.0 Å². The Hall–Kier alpha value is -0.650. The van der Waals surface area contributed by atoms with Crippen molar-refractivity contribution in [1.82, 2.24) is 0 Å². The van der Waals surface area contributed by atoms with Crippen molar-refractivity contribution >= 4 is 10.0 Å². The van der Waals surface area contributed by atoms with Crippen LogP contribution in [0.2, 0.25) is 0 Å². The second-order valence-corrected chi connectivity index (χ2v) is 5.11. The third-order valence-corrected chi connectivity index (χ3v) is 2.95. The summed E-state index contributed by atoms with van der Waals surface area (Å²) in [6, 6.07) is 0. The Morgan fingerprint density at radius 2 is 1.79 bits per heavy atom. The lowest BCUT2D eigenvalue weighted by atomic mass is 9.97. The molecular weight excluding hydrogens is 200 g/mol. The normalized spacial score (nSPS) is 17.6. The Balaban J connectivity index is 2.60. The van der Waals surface area contributed by atoms with Crippen LogP contribution in [-0.2, 0) is 10.0 Å². The first-order valence-corrected chi connectivity index (χ1v) is 6.31. The quantitative estimate of drug-likeness (QED) is 0.707. The SMILES string of the molecule is NCCC1=CC=C(CS(N)(=O)=O)CC1. The largest absolute Gasteiger partial charge is 0.330 e. The molecule has 80 valence electrons. The molecule has 0 aromatic carbocycles. The van der Waals surface area contributed by atoms with Gasteiger partial charge in [0.05, 0.1) is 5.75 Å². The van der Waals surface area contributed by atoms with Crippen molar-refractivity contribution in [3.05, 3.63) is 23.3 Å². The summed E-state index contributed by atoms with van der Waals surface area (Å²) in [6.07, 6.45) is 6.37. The molecule has 5 heteroatoms. The van der Waals surface area contributed by atoms with Crippen LogP contribution in [0, 0.1) is 0 Å². The van der Waals surface area contributed by atoms with E-state index in [1.54, 1.807) is 0 Å². The number of allylic oxidation sites excluding steroid dienone is 2. The lowest BCUT2D eigenvalue weighted by Crippen LogP contribution is -2.18. The molecule has 4 N–H and O–H groups in total. The van der Waals surface area contributed by atoms with Crippen LogP contribution in [0.4, 0.5) is 0 Å². The van der Waals surface area contributed by atoms with Gasteiger partial charge in [-0.3, -0.25) is 0 Å². The minimum Gasteiger partial charge on any atom is -0.330 e. The van der Waals surface area contributed by atoms with E-state index in [9.17, 15) is 8.42 Å². The summed E-state index contributed by atoms with van der Waals surface area (Å²) in [5, 5.41) is 4.95. The molecule has 0 amide bonds. The number of nitrogens with two attached hydrogens (primary N) is 2. The van der Waals surface area contributed by atoms with Gasteiger partial charge in [0, 0.05) is 0 Å². The molecule has 0 saturated carbocycles. The third kappa shape index (κ3) is 4.04. The molecule has 14 heavy (non-hydrogen) atoms. The van der Waals surface area contributed by atoms with Crippen molar-refractivity contribution < 1.29 is 8.42 Å². The minimum absolute atomic E-state index is 0.0284. The predicted octanol–water partition coefficient (Wildman–Crippen LogP) is 0.270. The Bertz CT molecular complexity index is 355. The molecule has 0 aromatic heterocycles. The molecule has 0 atom stereocenters. The number of primary sulfonamides is 1. The average molecular weight is 216 g/mol. The zero-order chi connectivity index (χ0) is 10.6. The third-order valence-electron chi connectivity index (χ3n) is 2.17. The van der Waals surface area contributed by atoms with E-state index in [0.717, 1.165) is 24.8 Å². The summed E-state index contributed by atoms with van der Waals surface area (Å²) in [5.74, 6) is -0.0284. The second-order valence-electron chi connectivity index (χ2n) is 3.50. The van der Waals surface area contributed by atoms with E-state index in [0.29, 0.717) is 6.54 Å². The smallest absolute Gasteiger partial charge is 0.212 e. The van der Waals surface area contributed by atoms with Crippen LogP contribution in [0.5, 0.6) is 0 Å². The molecule has 0 aromatic rings. The van der Waals surface area contributed by atoms with Crippen molar-refractivity contribution in [3.63, 3.8) is 0 Å². The van der Waals surface area contributed by atoms with Crippen molar-refractivity contribution in [2.75, 3.05) is 12.3 Å². The molecular formula is C9H16N2O2S. The van der Waals surface area contributed by atoms with E-state index >= 15 is 0 Å². The maximum atomic E-state index is 10.8. The van der Waals surface area contributed by atoms with Gasteiger partial charge in [-0.05, 0) is 25.8 Å². The van der Waals surface area contributed by atoms with Gasteiger partial charge >= 0.3 is 0 Å². The molecule has 0 heterocycles. The fourth-order valence-corrected chi connectivity index (χ4v) is 2.25. The lowest BCUT2D eigenvalue weighted by Gasteiger charge is -2.13. The van der Waals surface area contributed by atoms with Crippen LogP contribution in [0.15, 0.2) is 23.3 Å². The molecule has 0 aliphatic heterocycles. The number of sulfonamides is 1. The molecule has 1 aliphatic rings. The fourth-order valence-electron chi connectivity index (χ4n) is 1.50. The molecule has 1 rings (SSSR count). The van der Waals surface area contributed by atoms with Crippen molar-refractivity contribution in [2.45, 2.75) is 19.3 Å². The zero-order valence-electron chi connectivity index (χ0n) is 8.07. The number of rotatable bonds is 4. The van der Waals surface area contributed by atoms with Gasteiger partial charge in [-0.15, -0.1) is 0 Å². The highest BCUT2D eigenvalue weighted by atomic mass is 32.2. The molecule has 1 aliphatic carbocycles. The maximum absolute atomic E-state index is 10.8. The van der Waals surface area contributed by atoms with Crippen LogP contribution in [0.3, 0.4) is 0 Å². The lowest BCUT2D eigenvalue weighted by molar-refractivity contribution is 0.599. The van der Waals surface area contributed by atoms with E-state index in [1.807, 2.05) is 12.2 Å². The van der Waals surface area contributed by atoms with E-state index in [4.69, 9.17) is 10.9 Å². The van der Waals surface area contributed by atoms with Crippen LogP contribution in [0.25, 0.3) is 0 Å². The predicted molar refractivity (Wildman–Crippen MR) is 57.0 cm³/mol. The van der Waals surface area contributed by atoms with E-state index in [1.165, 1.54) is 5.57 Å². The topological polar surface area (TPSA) is 86.2 Å². The van der Waals surface area contributed by atoms with Gasteiger partial charge < -0.3 is 5.73 Å². The van der Waals surface area contributed by atoms with Crippen LogP contribution in [-0.4, -0.2) is 20.7 Å². The van der Waals surface area contributed by atoms with Gasteiger partial charge in [-0.25, -0.2) is 13.6 Å².